The SMILES string of the molecule is Cc1ccc(-c2nc(C)c(C(=O)Nc3ccc4c(c3)OC(C)(C)O4)s2)o1. The third-order valence-electron chi connectivity index (χ3n) is 3.87. The molecule has 3 aromatic rings. The van der Waals surface area contributed by atoms with E-state index in [4.69, 9.17) is 13.9 Å². The van der Waals surface area contributed by atoms with Gasteiger partial charge in [0.15, 0.2) is 22.3 Å². The van der Waals surface area contributed by atoms with Crippen LogP contribution in [0.15, 0.2) is 34.7 Å². The van der Waals surface area contributed by atoms with Gasteiger partial charge in [0.05, 0.1) is 5.69 Å². The summed E-state index contributed by atoms with van der Waals surface area (Å²) >= 11 is 1.31. The number of ether oxygens (including phenoxy) is 2. The van der Waals surface area contributed by atoms with Crippen LogP contribution >= 0.6 is 11.3 Å². The fourth-order valence-corrected chi connectivity index (χ4v) is 3.67. The van der Waals surface area contributed by atoms with E-state index < -0.39 is 5.79 Å². The standard InChI is InChI=1S/C19H18N2O4S/c1-10-5-7-14(23-10)18-20-11(2)16(26-18)17(22)21-12-6-8-13-15(9-12)25-19(3,4)24-13/h5-9H,1-4H3,(H,21,22). The first-order valence-electron chi connectivity index (χ1n) is 8.18. The van der Waals surface area contributed by atoms with Crippen LogP contribution < -0.4 is 14.8 Å². The smallest absolute Gasteiger partial charge is 0.267 e. The fraction of sp³-hybridized carbons (Fsp3) is 0.263. The quantitative estimate of drug-likeness (QED) is 0.718. The molecule has 0 aliphatic carbocycles. The number of benzene rings is 1. The lowest BCUT2D eigenvalue weighted by Gasteiger charge is -2.16. The number of carbonyl (C=O) groups excluding carboxylic acids is 1. The normalized spacial score (nSPS) is 14.5. The molecule has 1 aliphatic heterocycles. The van der Waals surface area contributed by atoms with Crippen molar-refractivity contribution in [2.45, 2.75) is 33.5 Å². The molecule has 1 aliphatic rings. The highest BCUT2D eigenvalue weighted by molar-refractivity contribution is 7.17. The molecule has 0 saturated heterocycles. The van der Waals surface area contributed by atoms with Gasteiger partial charge in [-0.05, 0) is 38.1 Å². The molecule has 0 saturated carbocycles. The van der Waals surface area contributed by atoms with Crippen molar-refractivity contribution < 1.29 is 18.7 Å². The number of hydrogen-bond acceptors (Lipinski definition) is 6. The number of nitrogens with zero attached hydrogens (tertiary/aromatic N) is 1. The monoisotopic (exact) mass is 370 g/mol. The summed E-state index contributed by atoms with van der Waals surface area (Å²) in [5, 5.41) is 3.58. The van der Waals surface area contributed by atoms with E-state index in [9.17, 15) is 4.79 Å². The Hall–Kier alpha value is -2.80. The molecule has 2 aromatic heterocycles. The first-order chi connectivity index (χ1) is 12.3. The predicted molar refractivity (Wildman–Crippen MR) is 99.0 cm³/mol. The number of furan rings is 1. The van der Waals surface area contributed by atoms with E-state index in [2.05, 4.69) is 10.3 Å². The summed E-state index contributed by atoms with van der Waals surface area (Å²) in [4.78, 5) is 17.7. The van der Waals surface area contributed by atoms with E-state index in [0.29, 0.717) is 38.5 Å². The number of anilines is 1. The van der Waals surface area contributed by atoms with Crippen molar-refractivity contribution in [2.24, 2.45) is 0 Å². The summed E-state index contributed by atoms with van der Waals surface area (Å²) in [5.41, 5.74) is 1.30. The Bertz CT molecular complexity index is 1000. The van der Waals surface area contributed by atoms with Gasteiger partial charge in [0.25, 0.3) is 5.91 Å². The zero-order valence-corrected chi connectivity index (χ0v) is 15.7. The number of aromatic nitrogens is 1. The molecule has 0 unspecified atom stereocenters. The molecule has 1 amide bonds. The maximum atomic E-state index is 12.7. The predicted octanol–water partition coefficient (Wildman–Crippen LogP) is 4.78. The number of carbonyl (C=O) groups is 1. The summed E-state index contributed by atoms with van der Waals surface area (Å²) in [6.07, 6.45) is 0. The summed E-state index contributed by atoms with van der Waals surface area (Å²) in [5.74, 6) is 1.84. The maximum Gasteiger partial charge on any atom is 0.267 e. The van der Waals surface area contributed by atoms with E-state index in [-0.39, 0.29) is 5.91 Å². The van der Waals surface area contributed by atoms with Crippen LogP contribution in [0.5, 0.6) is 11.5 Å². The molecule has 0 fully saturated rings. The Balaban J connectivity index is 1.55. The number of amides is 1. The third-order valence-corrected chi connectivity index (χ3v) is 5.04. The van der Waals surface area contributed by atoms with Gasteiger partial charge in [-0.15, -0.1) is 11.3 Å². The molecule has 0 bridgehead atoms. The molecule has 0 radical (unpaired) electrons. The molecule has 1 N–H and O–H groups in total. The molecule has 7 heteroatoms. The van der Waals surface area contributed by atoms with Gasteiger partial charge in [-0.3, -0.25) is 4.79 Å². The van der Waals surface area contributed by atoms with E-state index in [1.807, 2.05) is 39.8 Å². The second-order valence-electron chi connectivity index (χ2n) is 6.56. The van der Waals surface area contributed by atoms with Crippen molar-refractivity contribution in [2.75, 3.05) is 5.32 Å². The van der Waals surface area contributed by atoms with Crippen LogP contribution in [0.25, 0.3) is 10.8 Å². The first-order valence-corrected chi connectivity index (χ1v) is 9.00. The van der Waals surface area contributed by atoms with Gasteiger partial charge in [0.1, 0.15) is 10.6 Å². The Morgan fingerprint density at radius 2 is 1.88 bits per heavy atom. The molecule has 1 aromatic carbocycles. The summed E-state index contributed by atoms with van der Waals surface area (Å²) in [7, 11) is 0. The van der Waals surface area contributed by atoms with Crippen LogP contribution in [0.3, 0.4) is 0 Å². The topological polar surface area (TPSA) is 73.6 Å². The highest BCUT2D eigenvalue weighted by Crippen LogP contribution is 2.40. The Kier molecular flexibility index (Phi) is 3.77. The fourth-order valence-electron chi connectivity index (χ4n) is 2.75. The lowest BCUT2D eigenvalue weighted by Crippen LogP contribution is -2.29. The minimum atomic E-state index is -0.699. The van der Waals surface area contributed by atoms with Crippen LogP contribution in [0.1, 0.15) is 35.0 Å². The number of hydrogen-bond donors (Lipinski definition) is 1. The van der Waals surface area contributed by atoms with Crippen molar-refractivity contribution in [3.63, 3.8) is 0 Å². The van der Waals surface area contributed by atoms with E-state index in [1.165, 1.54) is 11.3 Å². The van der Waals surface area contributed by atoms with Crippen LogP contribution in [-0.2, 0) is 0 Å². The highest BCUT2D eigenvalue weighted by Gasteiger charge is 2.31. The van der Waals surface area contributed by atoms with Gasteiger partial charge in [-0.1, -0.05) is 0 Å². The van der Waals surface area contributed by atoms with Crippen LogP contribution in [-0.4, -0.2) is 16.7 Å². The van der Waals surface area contributed by atoms with Gasteiger partial charge in [0.2, 0.25) is 5.79 Å². The molecule has 6 nitrogen and oxygen atoms in total. The molecule has 3 heterocycles. The first kappa shape index (κ1) is 16.7. The molecule has 0 atom stereocenters. The maximum absolute atomic E-state index is 12.7. The van der Waals surface area contributed by atoms with Crippen LogP contribution in [0.2, 0.25) is 0 Å². The van der Waals surface area contributed by atoms with Crippen molar-refractivity contribution in [1.82, 2.24) is 4.98 Å². The minimum Gasteiger partial charge on any atom is -0.459 e. The molecule has 4 rings (SSSR count). The van der Waals surface area contributed by atoms with Crippen molar-refractivity contribution in [3.8, 4) is 22.3 Å². The zero-order valence-electron chi connectivity index (χ0n) is 14.9. The van der Waals surface area contributed by atoms with Gasteiger partial charge in [-0.2, -0.15) is 0 Å². The summed E-state index contributed by atoms with van der Waals surface area (Å²) in [6.45, 7) is 7.36. The Labute approximate surface area is 154 Å². The Morgan fingerprint density at radius 3 is 2.62 bits per heavy atom. The van der Waals surface area contributed by atoms with E-state index >= 15 is 0 Å². The van der Waals surface area contributed by atoms with E-state index in [1.54, 1.807) is 18.2 Å². The van der Waals surface area contributed by atoms with Crippen molar-refractivity contribution >= 4 is 22.9 Å². The van der Waals surface area contributed by atoms with Crippen LogP contribution in [0, 0.1) is 13.8 Å². The number of nitrogens with one attached hydrogen (secondary N) is 1. The second kappa shape index (κ2) is 5.88. The average Bonchev–Trinajstić information content (AvgIpc) is 3.22. The number of fused-ring (bicyclic) bond motifs is 1. The highest BCUT2D eigenvalue weighted by atomic mass is 32.1. The van der Waals surface area contributed by atoms with Gasteiger partial charge >= 0.3 is 0 Å². The number of aryl methyl sites for hydroxylation is 2. The van der Waals surface area contributed by atoms with Crippen LogP contribution in [0.4, 0.5) is 5.69 Å². The van der Waals surface area contributed by atoms with Gasteiger partial charge < -0.3 is 19.2 Å². The third kappa shape index (κ3) is 3.06. The van der Waals surface area contributed by atoms with E-state index in [0.717, 1.165) is 5.76 Å². The molecule has 134 valence electrons. The van der Waals surface area contributed by atoms with Crippen molar-refractivity contribution in [3.05, 3.63) is 46.7 Å². The lowest BCUT2D eigenvalue weighted by atomic mass is 10.2. The second-order valence-corrected chi connectivity index (χ2v) is 7.56. The number of thiazole rings is 1. The number of rotatable bonds is 3. The molecular weight excluding hydrogens is 352 g/mol. The van der Waals surface area contributed by atoms with Gasteiger partial charge in [0, 0.05) is 25.6 Å². The van der Waals surface area contributed by atoms with Gasteiger partial charge in [-0.25, -0.2) is 4.98 Å². The zero-order chi connectivity index (χ0) is 18.5. The molecule has 26 heavy (non-hydrogen) atoms. The Morgan fingerprint density at radius 1 is 1.12 bits per heavy atom. The molecule has 0 spiro atoms. The lowest BCUT2D eigenvalue weighted by molar-refractivity contribution is -0.0431. The summed E-state index contributed by atoms with van der Waals surface area (Å²) in [6, 6.07) is 9.06. The minimum absolute atomic E-state index is 0.215. The van der Waals surface area contributed by atoms with Crippen molar-refractivity contribution in [1.29, 1.82) is 0 Å². The molecular formula is C19H18N2O4S. The largest absolute Gasteiger partial charge is 0.459 e. The average molecular weight is 370 g/mol. The summed E-state index contributed by atoms with van der Waals surface area (Å²) < 4.78 is 17.0.